The molecule has 0 spiro atoms. The summed E-state index contributed by atoms with van der Waals surface area (Å²) in [5.41, 5.74) is 8.54. The van der Waals surface area contributed by atoms with Crippen molar-refractivity contribution in [2.45, 2.75) is 33.4 Å². The van der Waals surface area contributed by atoms with Gasteiger partial charge in [-0.1, -0.05) is 96.1 Å². The van der Waals surface area contributed by atoms with E-state index in [9.17, 15) is 16.8 Å². The van der Waals surface area contributed by atoms with Gasteiger partial charge in [0.05, 0.1) is 14.7 Å². The number of hydrogen-bond acceptors (Lipinski definition) is 4. The molecule has 4 nitrogen and oxygen atoms in total. The topological polar surface area (TPSA) is 68.3 Å². The number of benzene rings is 7. The SMILES string of the molecule is Cc1ccc(-c2ccc(S(=O)(=O)c3cc[c-]cc3)cc2)cc1.Cc1ccc(-c2ccc(S(=O)(=O)c3ccc(-c4cc[c-]cc4)cc3)cc2)cc1.[Y].[Y]. The fraction of sp³-hybridized carbons (Fsp3) is 0.0455. The van der Waals surface area contributed by atoms with Crippen LogP contribution in [0.4, 0.5) is 0 Å². The van der Waals surface area contributed by atoms with Gasteiger partial charge in [-0.2, -0.15) is 60.7 Å². The van der Waals surface area contributed by atoms with Crippen LogP contribution in [-0.2, 0) is 85.1 Å². The van der Waals surface area contributed by atoms with Crippen LogP contribution in [0.25, 0.3) is 33.4 Å². The molecule has 7 aromatic rings. The maximum absolute atomic E-state index is 13.0. The van der Waals surface area contributed by atoms with E-state index in [0.717, 1.165) is 33.4 Å². The minimum atomic E-state index is -3.55. The van der Waals surface area contributed by atoms with E-state index in [1.807, 2.05) is 123 Å². The van der Waals surface area contributed by atoms with Crippen LogP contribution in [0.15, 0.2) is 189 Å². The molecule has 0 N–H and O–H groups in total. The number of aryl methyl sites for hydroxylation is 2. The molecule has 254 valence electrons. The van der Waals surface area contributed by atoms with Gasteiger partial charge in [0, 0.05) is 65.4 Å². The molecule has 7 rings (SSSR count). The first-order valence-electron chi connectivity index (χ1n) is 16.0. The van der Waals surface area contributed by atoms with Crippen molar-refractivity contribution in [1.82, 2.24) is 0 Å². The van der Waals surface area contributed by atoms with E-state index in [4.69, 9.17) is 0 Å². The third-order valence-corrected chi connectivity index (χ3v) is 11.9. The summed E-state index contributed by atoms with van der Waals surface area (Å²) in [4.78, 5) is 1.18. The zero-order valence-corrected chi connectivity index (χ0v) is 36.1. The van der Waals surface area contributed by atoms with E-state index in [0.29, 0.717) is 14.7 Å². The summed E-state index contributed by atoms with van der Waals surface area (Å²) < 4.78 is 51.0. The van der Waals surface area contributed by atoms with Crippen LogP contribution in [0.3, 0.4) is 0 Å². The summed E-state index contributed by atoms with van der Waals surface area (Å²) in [6.45, 7) is 4.08. The maximum atomic E-state index is 13.0. The third-order valence-electron chi connectivity index (χ3n) is 8.31. The maximum Gasteiger partial charge on any atom is 0.206 e. The second-order valence-corrected chi connectivity index (χ2v) is 15.7. The third kappa shape index (κ3) is 9.99. The van der Waals surface area contributed by atoms with Crippen molar-refractivity contribution in [3.8, 4) is 33.4 Å². The summed E-state index contributed by atoms with van der Waals surface area (Å²) in [5, 5.41) is 0. The number of sulfone groups is 2. The molecular formula is C44H34O4S2Y2-2. The predicted octanol–water partition coefficient (Wildman–Crippen LogP) is 10.3. The van der Waals surface area contributed by atoms with Crippen molar-refractivity contribution in [3.63, 3.8) is 0 Å². The first kappa shape index (κ1) is 41.4. The monoisotopic (exact) mass is 868 g/mol. The van der Waals surface area contributed by atoms with Gasteiger partial charge in [0.2, 0.25) is 9.84 Å². The Morgan fingerprint density at radius 2 is 0.519 bits per heavy atom. The van der Waals surface area contributed by atoms with Gasteiger partial charge >= 0.3 is 0 Å². The Hall–Kier alpha value is -3.35. The van der Waals surface area contributed by atoms with Crippen molar-refractivity contribution in [1.29, 1.82) is 0 Å². The van der Waals surface area contributed by atoms with Crippen LogP contribution in [0.1, 0.15) is 11.1 Å². The molecule has 8 heteroatoms. The predicted molar refractivity (Wildman–Crippen MR) is 200 cm³/mol. The van der Waals surface area contributed by atoms with Gasteiger partial charge in [-0.3, -0.25) is 0 Å². The summed E-state index contributed by atoms with van der Waals surface area (Å²) in [6, 6.07) is 57.1. The Kier molecular flexibility index (Phi) is 14.8. The first-order chi connectivity index (χ1) is 24.1. The molecule has 0 aromatic heterocycles. The van der Waals surface area contributed by atoms with Gasteiger partial charge < -0.3 is 0 Å². The molecule has 0 amide bonds. The van der Waals surface area contributed by atoms with Crippen LogP contribution in [-0.4, -0.2) is 16.8 Å². The second kappa shape index (κ2) is 18.6. The number of hydrogen-bond donors (Lipinski definition) is 0. The Morgan fingerprint density at radius 1 is 0.308 bits per heavy atom. The van der Waals surface area contributed by atoms with Crippen molar-refractivity contribution >= 4 is 19.7 Å². The largest absolute Gasteiger partial charge is 0.221 e. The Labute approximate surface area is 358 Å². The molecule has 0 aliphatic carbocycles. The molecule has 0 atom stereocenters. The zero-order chi connectivity index (χ0) is 35.1. The van der Waals surface area contributed by atoms with Crippen LogP contribution < -0.4 is 0 Å². The average Bonchev–Trinajstić information content (AvgIpc) is 3.16. The minimum Gasteiger partial charge on any atom is -0.221 e. The van der Waals surface area contributed by atoms with Gasteiger partial charge in [0.25, 0.3) is 0 Å². The molecule has 0 saturated heterocycles. The molecule has 0 saturated carbocycles. The minimum absolute atomic E-state index is 0. The van der Waals surface area contributed by atoms with Gasteiger partial charge in [0.15, 0.2) is 9.84 Å². The Bertz CT molecular complexity index is 2400. The van der Waals surface area contributed by atoms with Gasteiger partial charge in [-0.15, -0.1) is 5.56 Å². The molecule has 7 aromatic carbocycles. The van der Waals surface area contributed by atoms with Gasteiger partial charge in [0.1, 0.15) is 0 Å². The quantitative estimate of drug-likeness (QED) is 0.150. The summed E-state index contributed by atoms with van der Waals surface area (Å²) >= 11 is 0. The molecule has 0 heterocycles. The molecule has 0 aliphatic rings. The van der Waals surface area contributed by atoms with E-state index in [2.05, 4.69) is 12.1 Å². The molecular weight excluding hydrogens is 834 g/mol. The van der Waals surface area contributed by atoms with Gasteiger partial charge in [-0.25, -0.2) is 16.8 Å². The molecule has 52 heavy (non-hydrogen) atoms. The van der Waals surface area contributed by atoms with Crippen molar-refractivity contribution in [2.75, 3.05) is 0 Å². The van der Waals surface area contributed by atoms with Crippen molar-refractivity contribution in [2.24, 2.45) is 0 Å². The standard InChI is InChI=1S/C25H19O2S.C19H15O2S.2Y/c1-19-7-9-21(10-8-19)23-13-17-25(18-14-23)28(26,27)24-15-11-22(12-16-24)20-5-3-2-4-6-20;1-15-7-9-16(10-8-15)17-11-13-19(14-12-17)22(20,21)18-5-3-2-4-6-18;;/h3-18H,1H3;3-14H,1H3;;/q2*-1;;. The second-order valence-electron chi connectivity index (χ2n) is 11.8. The molecule has 0 fully saturated rings. The van der Waals surface area contributed by atoms with E-state index in [1.54, 1.807) is 60.7 Å². The molecule has 0 aliphatic heterocycles. The van der Waals surface area contributed by atoms with Crippen LogP contribution >= 0.6 is 0 Å². The van der Waals surface area contributed by atoms with Crippen molar-refractivity contribution in [3.05, 3.63) is 193 Å². The fourth-order valence-electron chi connectivity index (χ4n) is 5.37. The van der Waals surface area contributed by atoms with Crippen molar-refractivity contribution < 1.29 is 82.3 Å². The summed E-state index contributed by atoms with van der Waals surface area (Å²) in [6.07, 6.45) is 0. The smallest absolute Gasteiger partial charge is 0.206 e. The normalized spacial score (nSPS) is 10.9. The van der Waals surface area contributed by atoms with Crippen LogP contribution in [0.5, 0.6) is 0 Å². The van der Waals surface area contributed by atoms with E-state index < -0.39 is 19.7 Å². The van der Waals surface area contributed by atoms with Crippen LogP contribution in [0, 0.1) is 26.0 Å². The summed E-state index contributed by atoms with van der Waals surface area (Å²) in [5.74, 6) is 0. The molecule has 0 unspecified atom stereocenters. The first-order valence-corrected chi connectivity index (χ1v) is 18.9. The van der Waals surface area contributed by atoms with Gasteiger partial charge in [-0.05, 0) is 83.0 Å². The Balaban J connectivity index is 0.000000230. The molecule has 0 bridgehead atoms. The summed E-state index contributed by atoms with van der Waals surface area (Å²) in [7, 11) is -7.01. The zero-order valence-electron chi connectivity index (χ0n) is 28.8. The molecule has 2 radical (unpaired) electrons. The van der Waals surface area contributed by atoms with E-state index in [-0.39, 0.29) is 70.3 Å². The fourth-order valence-corrected chi connectivity index (χ4v) is 7.90. The van der Waals surface area contributed by atoms with E-state index >= 15 is 0 Å². The number of rotatable bonds is 7. The average molecular weight is 869 g/mol. The van der Waals surface area contributed by atoms with Crippen LogP contribution in [0.2, 0.25) is 0 Å². The van der Waals surface area contributed by atoms with E-state index in [1.165, 1.54) is 11.1 Å². The Morgan fingerprint density at radius 3 is 0.808 bits per heavy atom.